The predicted octanol–water partition coefficient (Wildman–Crippen LogP) is 0.628. The van der Waals surface area contributed by atoms with E-state index in [-0.39, 0.29) is 21.9 Å². The van der Waals surface area contributed by atoms with Crippen molar-refractivity contribution in [1.82, 2.24) is 15.0 Å². The predicted molar refractivity (Wildman–Crippen MR) is 71.5 cm³/mol. The molecule has 2 rings (SSSR count). The lowest BCUT2D eigenvalue weighted by atomic mass is 10.5. The van der Waals surface area contributed by atoms with E-state index in [0.29, 0.717) is 0 Å². The van der Waals surface area contributed by atoms with Crippen LogP contribution >= 0.6 is 11.6 Å². The number of rotatable bonds is 4. The fourth-order valence-corrected chi connectivity index (χ4v) is 2.37. The van der Waals surface area contributed by atoms with Crippen LogP contribution in [0.4, 0.5) is 5.95 Å². The van der Waals surface area contributed by atoms with E-state index in [0.717, 1.165) is 18.3 Å². The molecule has 0 aliphatic carbocycles. The minimum atomic E-state index is -3.93. The molecule has 0 atom stereocenters. The number of methoxy groups -OCH3 is 1. The van der Waals surface area contributed by atoms with Gasteiger partial charge in [-0.3, -0.25) is 4.79 Å². The Morgan fingerprint density at radius 2 is 2.10 bits per heavy atom. The summed E-state index contributed by atoms with van der Waals surface area (Å²) in [6.45, 7) is 0. The molecule has 0 saturated heterocycles. The Morgan fingerprint density at radius 1 is 1.35 bits per heavy atom. The Morgan fingerprint density at radius 3 is 2.70 bits per heavy atom. The minimum Gasteiger partial charge on any atom is -0.481 e. The topological polar surface area (TPSA) is 114 Å². The van der Waals surface area contributed by atoms with Crippen molar-refractivity contribution in [3.63, 3.8) is 0 Å². The first-order valence-corrected chi connectivity index (χ1v) is 7.07. The fourth-order valence-electron chi connectivity index (χ4n) is 1.29. The zero-order chi connectivity index (χ0) is 14.8. The van der Waals surface area contributed by atoms with Crippen molar-refractivity contribution >= 4 is 27.6 Å². The van der Waals surface area contributed by atoms with Gasteiger partial charge in [0.25, 0.3) is 10.0 Å². The highest BCUT2D eigenvalue weighted by Crippen LogP contribution is 2.18. The summed E-state index contributed by atoms with van der Waals surface area (Å²) in [5.41, 5.74) is -0.412. The average molecular weight is 317 g/mol. The van der Waals surface area contributed by atoms with Crippen LogP contribution in [0.25, 0.3) is 0 Å². The van der Waals surface area contributed by atoms with Gasteiger partial charge in [-0.05, 0) is 6.07 Å². The van der Waals surface area contributed by atoms with Crippen molar-refractivity contribution in [3.8, 4) is 5.88 Å². The standard InChI is InChI=1S/C10H9ClN4O4S/c1-19-9-4-7(11)13-10(14-9)15-20(17,18)6-2-3-8(16)12-5-6/h2-5H,1H3,(H,12,16)(H,13,14,15). The van der Waals surface area contributed by atoms with Crippen LogP contribution in [-0.2, 0) is 10.0 Å². The van der Waals surface area contributed by atoms with Crippen LogP contribution in [-0.4, -0.2) is 30.5 Å². The monoisotopic (exact) mass is 316 g/mol. The highest BCUT2D eigenvalue weighted by Gasteiger charge is 2.16. The normalized spacial score (nSPS) is 11.1. The zero-order valence-electron chi connectivity index (χ0n) is 10.1. The van der Waals surface area contributed by atoms with Gasteiger partial charge in [-0.2, -0.15) is 4.98 Å². The molecule has 106 valence electrons. The number of ether oxygens (including phenoxy) is 1. The van der Waals surface area contributed by atoms with Crippen molar-refractivity contribution in [1.29, 1.82) is 0 Å². The molecule has 20 heavy (non-hydrogen) atoms. The summed E-state index contributed by atoms with van der Waals surface area (Å²) >= 11 is 5.71. The summed E-state index contributed by atoms with van der Waals surface area (Å²) in [7, 11) is -2.57. The quantitative estimate of drug-likeness (QED) is 0.799. The van der Waals surface area contributed by atoms with Gasteiger partial charge >= 0.3 is 0 Å². The number of aromatic nitrogens is 3. The molecule has 2 aromatic rings. The fraction of sp³-hybridized carbons (Fsp3) is 0.100. The maximum atomic E-state index is 12.0. The highest BCUT2D eigenvalue weighted by molar-refractivity contribution is 7.92. The number of pyridine rings is 1. The lowest BCUT2D eigenvalue weighted by Gasteiger charge is -2.07. The molecule has 0 unspecified atom stereocenters. The van der Waals surface area contributed by atoms with Crippen LogP contribution in [0.2, 0.25) is 5.15 Å². The van der Waals surface area contributed by atoms with E-state index >= 15 is 0 Å². The van der Waals surface area contributed by atoms with E-state index in [1.165, 1.54) is 13.2 Å². The van der Waals surface area contributed by atoms with Gasteiger partial charge in [-0.15, -0.1) is 0 Å². The molecule has 2 aromatic heterocycles. The van der Waals surface area contributed by atoms with Gasteiger partial charge in [-0.25, -0.2) is 18.1 Å². The summed E-state index contributed by atoms with van der Waals surface area (Å²) < 4.78 is 31.0. The number of hydrogen-bond donors (Lipinski definition) is 2. The third-order valence-electron chi connectivity index (χ3n) is 2.17. The zero-order valence-corrected chi connectivity index (χ0v) is 11.7. The molecule has 0 aliphatic rings. The molecule has 0 radical (unpaired) electrons. The number of aromatic amines is 1. The number of halogens is 1. The molecule has 2 heterocycles. The molecule has 0 fully saturated rings. The van der Waals surface area contributed by atoms with Crippen LogP contribution in [0.15, 0.2) is 34.1 Å². The molecule has 8 nitrogen and oxygen atoms in total. The summed E-state index contributed by atoms with van der Waals surface area (Å²) in [5, 5.41) is 0.0241. The number of hydrogen-bond acceptors (Lipinski definition) is 6. The minimum absolute atomic E-state index is 0.0241. The maximum Gasteiger partial charge on any atom is 0.265 e. The SMILES string of the molecule is COc1cc(Cl)nc(NS(=O)(=O)c2ccc(=O)[nH]c2)n1. The van der Waals surface area contributed by atoms with Crippen LogP contribution in [0.3, 0.4) is 0 Å². The molecule has 0 spiro atoms. The van der Waals surface area contributed by atoms with Gasteiger partial charge in [-0.1, -0.05) is 11.6 Å². The van der Waals surface area contributed by atoms with Gasteiger partial charge < -0.3 is 9.72 Å². The first kappa shape index (κ1) is 14.3. The van der Waals surface area contributed by atoms with E-state index in [2.05, 4.69) is 19.7 Å². The first-order valence-electron chi connectivity index (χ1n) is 5.21. The Balaban J connectivity index is 2.35. The Labute approximate surface area is 118 Å². The van der Waals surface area contributed by atoms with Gasteiger partial charge in [0, 0.05) is 18.3 Å². The first-order chi connectivity index (χ1) is 9.40. The van der Waals surface area contributed by atoms with Crippen LogP contribution < -0.4 is 15.0 Å². The molecule has 0 saturated carbocycles. The van der Waals surface area contributed by atoms with Crippen LogP contribution in [0.1, 0.15) is 0 Å². The van der Waals surface area contributed by atoms with Crippen molar-refractivity contribution in [3.05, 3.63) is 39.9 Å². The second kappa shape index (κ2) is 5.47. The van der Waals surface area contributed by atoms with Crippen molar-refractivity contribution in [2.45, 2.75) is 4.90 Å². The van der Waals surface area contributed by atoms with Crippen LogP contribution in [0, 0.1) is 0 Å². The Hall–Kier alpha value is -2.13. The summed E-state index contributed by atoms with van der Waals surface area (Å²) in [5.74, 6) is -0.121. The van der Waals surface area contributed by atoms with E-state index in [9.17, 15) is 13.2 Å². The van der Waals surface area contributed by atoms with Gasteiger partial charge in [0.2, 0.25) is 17.4 Å². The second-order valence-corrected chi connectivity index (χ2v) is 5.62. The molecular weight excluding hydrogens is 308 g/mol. The van der Waals surface area contributed by atoms with E-state index in [1.54, 1.807) is 0 Å². The molecule has 0 amide bonds. The van der Waals surface area contributed by atoms with Gasteiger partial charge in [0.1, 0.15) is 10.0 Å². The summed E-state index contributed by atoms with van der Waals surface area (Å²) in [6.07, 6.45) is 1.06. The number of sulfonamides is 1. The number of nitrogens with one attached hydrogen (secondary N) is 2. The molecule has 0 aliphatic heterocycles. The van der Waals surface area contributed by atoms with Crippen LogP contribution in [0.5, 0.6) is 5.88 Å². The van der Waals surface area contributed by atoms with Gasteiger partial charge in [0.15, 0.2) is 0 Å². The Bertz CT molecular complexity index is 770. The molecule has 2 N–H and O–H groups in total. The maximum absolute atomic E-state index is 12.0. The second-order valence-electron chi connectivity index (χ2n) is 3.55. The van der Waals surface area contributed by atoms with E-state index in [4.69, 9.17) is 16.3 Å². The number of nitrogens with zero attached hydrogens (tertiary/aromatic N) is 2. The molecule has 0 bridgehead atoms. The lowest BCUT2D eigenvalue weighted by molar-refractivity contribution is 0.397. The Kier molecular flexibility index (Phi) is 3.91. The van der Waals surface area contributed by atoms with E-state index < -0.39 is 15.6 Å². The molecule has 10 heteroatoms. The van der Waals surface area contributed by atoms with E-state index in [1.807, 2.05) is 0 Å². The van der Waals surface area contributed by atoms with Crippen molar-refractivity contribution < 1.29 is 13.2 Å². The number of H-pyrrole nitrogens is 1. The van der Waals surface area contributed by atoms with Crippen molar-refractivity contribution in [2.75, 3.05) is 11.8 Å². The molecular formula is C10H9ClN4O4S. The number of anilines is 1. The summed E-state index contributed by atoms with van der Waals surface area (Å²) in [6, 6.07) is 3.58. The molecule has 0 aromatic carbocycles. The van der Waals surface area contributed by atoms with Gasteiger partial charge in [0.05, 0.1) is 7.11 Å². The largest absolute Gasteiger partial charge is 0.481 e. The average Bonchev–Trinajstić information content (AvgIpc) is 2.37. The summed E-state index contributed by atoms with van der Waals surface area (Å²) in [4.78, 5) is 20.5. The smallest absolute Gasteiger partial charge is 0.265 e. The highest BCUT2D eigenvalue weighted by atomic mass is 35.5. The van der Waals surface area contributed by atoms with Crippen molar-refractivity contribution in [2.24, 2.45) is 0 Å². The third-order valence-corrected chi connectivity index (χ3v) is 3.69. The third kappa shape index (κ3) is 3.25. The lowest BCUT2D eigenvalue weighted by Crippen LogP contribution is -2.17.